The van der Waals surface area contributed by atoms with Gasteiger partial charge in [-0.05, 0) is 56.3 Å². The van der Waals surface area contributed by atoms with E-state index in [0.717, 1.165) is 6.42 Å². The lowest BCUT2D eigenvalue weighted by Crippen LogP contribution is -2.26. The zero-order valence-electron chi connectivity index (χ0n) is 12.1. The number of benzene rings is 1. The van der Waals surface area contributed by atoms with Crippen LogP contribution >= 0.6 is 0 Å². The molecule has 0 spiro atoms. The second kappa shape index (κ2) is 7.66. The molecule has 2 rings (SSSR count). The topological polar surface area (TPSA) is 23.5 Å². The van der Waals surface area contributed by atoms with Crippen molar-refractivity contribution < 1.29 is 5.11 Å². The van der Waals surface area contributed by atoms with Crippen LogP contribution in [-0.2, 0) is 6.42 Å². The fourth-order valence-electron chi connectivity index (χ4n) is 3.02. The Hall–Kier alpha value is -0.860. The Kier molecular flexibility index (Phi) is 5.87. The maximum absolute atomic E-state index is 9.30. The van der Waals surface area contributed by atoms with Crippen molar-refractivity contribution in [2.75, 3.05) is 19.7 Å². The number of rotatable bonds is 7. The highest BCUT2D eigenvalue weighted by Gasteiger charge is 2.22. The summed E-state index contributed by atoms with van der Waals surface area (Å²) in [7, 11) is 0. The highest BCUT2D eigenvalue weighted by molar-refractivity contribution is 5.25. The number of nitrogens with zero attached hydrogens (tertiary/aromatic N) is 1. The van der Waals surface area contributed by atoms with Crippen LogP contribution in [0.4, 0.5) is 0 Å². The Balaban J connectivity index is 2.03. The van der Waals surface area contributed by atoms with Crippen molar-refractivity contribution in [2.24, 2.45) is 0 Å². The lowest BCUT2D eigenvalue weighted by atomic mass is 9.99. The molecule has 1 N–H and O–H groups in total. The number of hydrogen-bond donors (Lipinski definition) is 1. The average molecular weight is 261 g/mol. The third-order valence-corrected chi connectivity index (χ3v) is 4.17. The molecule has 2 heteroatoms. The lowest BCUT2D eigenvalue weighted by Gasteiger charge is -2.27. The van der Waals surface area contributed by atoms with Crippen LogP contribution in [0.15, 0.2) is 24.3 Å². The van der Waals surface area contributed by atoms with Crippen LogP contribution in [0.1, 0.15) is 56.2 Å². The highest BCUT2D eigenvalue weighted by atomic mass is 16.3. The number of aliphatic hydroxyl groups excluding tert-OH is 1. The molecule has 106 valence electrons. The summed E-state index contributed by atoms with van der Waals surface area (Å²) in [6, 6.07) is 9.48. The van der Waals surface area contributed by atoms with Gasteiger partial charge in [0.2, 0.25) is 0 Å². The van der Waals surface area contributed by atoms with Gasteiger partial charge in [0, 0.05) is 12.6 Å². The molecule has 1 aromatic rings. The van der Waals surface area contributed by atoms with Crippen molar-refractivity contribution in [1.29, 1.82) is 0 Å². The number of aryl methyl sites for hydroxylation is 1. The quantitative estimate of drug-likeness (QED) is 0.811. The van der Waals surface area contributed by atoms with E-state index in [1.165, 1.54) is 56.3 Å². The Morgan fingerprint density at radius 3 is 2.42 bits per heavy atom. The fourth-order valence-corrected chi connectivity index (χ4v) is 3.02. The molecular formula is C17H27NO. The van der Waals surface area contributed by atoms with Gasteiger partial charge >= 0.3 is 0 Å². The first-order valence-electron chi connectivity index (χ1n) is 7.79. The molecule has 0 amide bonds. The van der Waals surface area contributed by atoms with Crippen LogP contribution < -0.4 is 0 Å². The average Bonchev–Trinajstić information content (AvgIpc) is 2.97. The molecule has 1 aliphatic rings. The van der Waals surface area contributed by atoms with Crippen LogP contribution in [0.3, 0.4) is 0 Å². The molecule has 1 saturated heterocycles. The van der Waals surface area contributed by atoms with Gasteiger partial charge in [-0.25, -0.2) is 0 Å². The van der Waals surface area contributed by atoms with Crippen LogP contribution in [-0.4, -0.2) is 29.7 Å². The maximum atomic E-state index is 9.30. The van der Waals surface area contributed by atoms with Gasteiger partial charge in [0.15, 0.2) is 0 Å². The van der Waals surface area contributed by atoms with E-state index in [1.807, 2.05) is 0 Å². The summed E-state index contributed by atoms with van der Waals surface area (Å²) in [5.41, 5.74) is 2.81. The Morgan fingerprint density at radius 1 is 1.16 bits per heavy atom. The Morgan fingerprint density at radius 2 is 1.84 bits per heavy atom. The molecule has 2 nitrogen and oxygen atoms in total. The van der Waals surface area contributed by atoms with Gasteiger partial charge in [-0.2, -0.15) is 0 Å². The van der Waals surface area contributed by atoms with Crippen molar-refractivity contribution >= 4 is 0 Å². The number of unbranched alkanes of at least 4 members (excludes halogenated alkanes) is 1. The molecule has 19 heavy (non-hydrogen) atoms. The van der Waals surface area contributed by atoms with Gasteiger partial charge in [0.25, 0.3) is 0 Å². The van der Waals surface area contributed by atoms with E-state index in [2.05, 4.69) is 36.1 Å². The molecule has 1 atom stereocenters. The molecule has 1 fully saturated rings. The minimum absolute atomic E-state index is 0.277. The van der Waals surface area contributed by atoms with Gasteiger partial charge in [-0.3, -0.25) is 4.90 Å². The number of likely N-dealkylation sites (tertiary alicyclic amines) is 1. The van der Waals surface area contributed by atoms with Gasteiger partial charge in [-0.1, -0.05) is 37.6 Å². The molecule has 1 aliphatic heterocycles. The predicted octanol–water partition coefficient (Wildman–Crippen LogP) is 3.55. The van der Waals surface area contributed by atoms with E-state index in [1.54, 1.807) is 0 Å². The van der Waals surface area contributed by atoms with Crippen molar-refractivity contribution in [1.82, 2.24) is 4.90 Å². The molecule has 1 heterocycles. The largest absolute Gasteiger partial charge is 0.396 e. The lowest BCUT2D eigenvalue weighted by molar-refractivity contribution is 0.185. The van der Waals surface area contributed by atoms with Crippen LogP contribution in [0.5, 0.6) is 0 Å². The minimum atomic E-state index is 0.277. The maximum Gasteiger partial charge on any atom is 0.0449 e. The van der Waals surface area contributed by atoms with E-state index in [0.29, 0.717) is 6.04 Å². The van der Waals surface area contributed by atoms with E-state index in [4.69, 9.17) is 0 Å². The molecule has 0 radical (unpaired) electrons. The van der Waals surface area contributed by atoms with E-state index >= 15 is 0 Å². The van der Waals surface area contributed by atoms with Gasteiger partial charge in [-0.15, -0.1) is 0 Å². The smallest absolute Gasteiger partial charge is 0.0449 e. The van der Waals surface area contributed by atoms with E-state index in [9.17, 15) is 5.11 Å². The molecule has 1 unspecified atom stereocenters. The van der Waals surface area contributed by atoms with Crippen molar-refractivity contribution in [3.05, 3.63) is 35.4 Å². The van der Waals surface area contributed by atoms with Gasteiger partial charge in [0.05, 0.1) is 0 Å². The van der Waals surface area contributed by atoms with Crippen LogP contribution in [0.25, 0.3) is 0 Å². The molecular weight excluding hydrogens is 234 g/mol. The summed E-state index contributed by atoms with van der Waals surface area (Å²) in [6.07, 6.45) is 7.17. The second-order valence-electron chi connectivity index (χ2n) is 5.62. The molecule has 0 bridgehead atoms. The minimum Gasteiger partial charge on any atom is -0.396 e. The Bertz CT molecular complexity index is 354. The summed E-state index contributed by atoms with van der Waals surface area (Å²) >= 11 is 0. The SMILES string of the molecule is CCCCc1ccc(C(CCO)N2CCCC2)cc1. The van der Waals surface area contributed by atoms with E-state index < -0.39 is 0 Å². The first-order chi connectivity index (χ1) is 9.35. The third-order valence-electron chi connectivity index (χ3n) is 4.17. The Labute approximate surface area is 117 Å². The van der Waals surface area contributed by atoms with Gasteiger partial charge < -0.3 is 5.11 Å². The molecule has 0 saturated carbocycles. The first kappa shape index (κ1) is 14.5. The molecule has 0 aliphatic carbocycles. The summed E-state index contributed by atoms with van der Waals surface area (Å²) in [4.78, 5) is 2.53. The highest BCUT2D eigenvalue weighted by Crippen LogP contribution is 2.28. The molecule has 0 aromatic heterocycles. The summed E-state index contributed by atoms with van der Waals surface area (Å²) in [6.45, 7) is 4.88. The van der Waals surface area contributed by atoms with Crippen molar-refractivity contribution in [3.8, 4) is 0 Å². The van der Waals surface area contributed by atoms with Crippen LogP contribution in [0.2, 0.25) is 0 Å². The normalized spacial score (nSPS) is 17.8. The van der Waals surface area contributed by atoms with Gasteiger partial charge in [0.1, 0.15) is 0 Å². The zero-order chi connectivity index (χ0) is 13.5. The van der Waals surface area contributed by atoms with E-state index in [-0.39, 0.29) is 6.61 Å². The van der Waals surface area contributed by atoms with Crippen molar-refractivity contribution in [3.63, 3.8) is 0 Å². The zero-order valence-corrected chi connectivity index (χ0v) is 12.1. The van der Waals surface area contributed by atoms with Crippen molar-refractivity contribution in [2.45, 2.75) is 51.5 Å². The second-order valence-corrected chi connectivity index (χ2v) is 5.62. The summed E-state index contributed by atoms with van der Waals surface area (Å²) < 4.78 is 0. The predicted molar refractivity (Wildman–Crippen MR) is 80.3 cm³/mol. The summed E-state index contributed by atoms with van der Waals surface area (Å²) in [5, 5.41) is 9.30. The first-order valence-corrected chi connectivity index (χ1v) is 7.79. The standard InChI is InChI=1S/C17H27NO/c1-2-3-6-15-7-9-16(10-8-15)17(11-14-19)18-12-4-5-13-18/h7-10,17,19H,2-6,11-14H2,1H3. The van der Waals surface area contributed by atoms with Crippen LogP contribution in [0, 0.1) is 0 Å². The number of hydrogen-bond acceptors (Lipinski definition) is 2. The monoisotopic (exact) mass is 261 g/mol. The number of aliphatic hydroxyl groups is 1. The third kappa shape index (κ3) is 4.05. The fraction of sp³-hybridized carbons (Fsp3) is 0.647. The molecule has 1 aromatic carbocycles. The summed E-state index contributed by atoms with van der Waals surface area (Å²) in [5.74, 6) is 0.